The van der Waals surface area contributed by atoms with Gasteiger partial charge in [-0.3, -0.25) is 9.59 Å². The largest absolute Gasteiger partial charge is 0.508 e. The topological polar surface area (TPSA) is 69.6 Å². The van der Waals surface area contributed by atoms with Gasteiger partial charge in [0.05, 0.1) is 0 Å². The van der Waals surface area contributed by atoms with E-state index in [1.807, 2.05) is 0 Å². The van der Waals surface area contributed by atoms with Crippen molar-refractivity contribution in [1.82, 2.24) is 10.2 Å². The van der Waals surface area contributed by atoms with E-state index in [2.05, 4.69) is 5.32 Å². The Morgan fingerprint density at radius 3 is 2.89 bits per heavy atom. The second kappa shape index (κ2) is 4.68. The highest BCUT2D eigenvalue weighted by molar-refractivity contribution is 5.99. The van der Waals surface area contributed by atoms with Crippen LogP contribution in [-0.2, 0) is 4.79 Å². The van der Waals surface area contributed by atoms with E-state index in [0.717, 1.165) is 0 Å². The van der Waals surface area contributed by atoms with Gasteiger partial charge in [-0.2, -0.15) is 0 Å². The molecular weight excluding hydrogens is 232 g/mol. The van der Waals surface area contributed by atoms with Crippen molar-refractivity contribution < 1.29 is 14.7 Å². The van der Waals surface area contributed by atoms with E-state index in [-0.39, 0.29) is 17.6 Å². The third kappa shape index (κ3) is 2.16. The van der Waals surface area contributed by atoms with E-state index in [9.17, 15) is 14.7 Å². The van der Waals surface area contributed by atoms with Gasteiger partial charge >= 0.3 is 0 Å². The number of phenolic OH excluding ortho intramolecular Hbond substituents is 1. The summed E-state index contributed by atoms with van der Waals surface area (Å²) in [5.74, 6) is -0.172. The predicted octanol–water partition coefficient (Wildman–Crippen LogP) is 0.661. The third-order valence-electron chi connectivity index (χ3n) is 3.20. The molecule has 1 saturated heterocycles. The molecule has 1 unspecified atom stereocenters. The molecule has 1 heterocycles. The van der Waals surface area contributed by atoms with E-state index >= 15 is 0 Å². The Hall–Kier alpha value is -2.04. The van der Waals surface area contributed by atoms with Crippen molar-refractivity contribution >= 4 is 11.8 Å². The molecule has 0 saturated carbocycles. The fourth-order valence-electron chi connectivity index (χ4n) is 2.10. The molecule has 0 aliphatic carbocycles. The van der Waals surface area contributed by atoms with Crippen molar-refractivity contribution in [3.05, 3.63) is 29.3 Å². The summed E-state index contributed by atoms with van der Waals surface area (Å²) in [6, 6.07) is 4.16. The fraction of sp³-hybridized carbons (Fsp3) is 0.385. The summed E-state index contributed by atoms with van der Waals surface area (Å²) < 4.78 is 0. The maximum Gasteiger partial charge on any atom is 0.254 e. The Kier molecular flexibility index (Phi) is 3.23. The Morgan fingerprint density at radius 1 is 1.50 bits per heavy atom. The summed E-state index contributed by atoms with van der Waals surface area (Å²) in [5.41, 5.74) is 1.23. The van der Waals surface area contributed by atoms with Crippen molar-refractivity contribution in [2.24, 2.45) is 0 Å². The van der Waals surface area contributed by atoms with Gasteiger partial charge in [-0.15, -0.1) is 0 Å². The minimum absolute atomic E-state index is 0.133. The van der Waals surface area contributed by atoms with Gasteiger partial charge in [-0.1, -0.05) is 0 Å². The normalized spacial score (nSPS) is 19.6. The monoisotopic (exact) mass is 248 g/mol. The number of carbonyl (C=O) groups is 2. The molecule has 1 aliphatic heterocycles. The van der Waals surface area contributed by atoms with Crippen LogP contribution in [0.15, 0.2) is 18.2 Å². The van der Waals surface area contributed by atoms with Gasteiger partial charge in [0.15, 0.2) is 0 Å². The highest BCUT2D eigenvalue weighted by Gasteiger charge is 2.30. The average Bonchev–Trinajstić information content (AvgIpc) is 2.32. The number of aryl methyl sites for hydroxylation is 1. The van der Waals surface area contributed by atoms with Crippen molar-refractivity contribution in [3.63, 3.8) is 0 Å². The number of phenols is 1. The summed E-state index contributed by atoms with van der Waals surface area (Å²) in [6.45, 7) is 4.46. The molecule has 2 rings (SSSR count). The number of piperazine rings is 1. The summed E-state index contributed by atoms with van der Waals surface area (Å²) in [7, 11) is 0. The summed E-state index contributed by atoms with van der Waals surface area (Å²) in [4.78, 5) is 25.4. The lowest BCUT2D eigenvalue weighted by Gasteiger charge is -2.33. The molecule has 1 fully saturated rings. The standard InChI is InChI=1S/C13H16N2O3/c1-8-7-10(16)3-4-11(8)13(18)15-6-5-14-12(17)9(15)2/h3-4,7,9,16H,5-6H2,1-2H3,(H,14,17). The quantitative estimate of drug-likeness (QED) is 0.767. The zero-order valence-corrected chi connectivity index (χ0v) is 10.4. The van der Waals surface area contributed by atoms with Crippen LogP contribution in [0.3, 0.4) is 0 Å². The maximum absolute atomic E-state index is 12.4. The molecule has 5 nitrogen and oxygen atoms in total. The molecule has 0 aromatic heterocycles. The van der Waals surface area contributed by atoms with Gasteiger partial charge in [0.25, 0.3) is 5.91 Å². The van der Waals surface area contributed by atoms with Gasteiger partial charge in [0.2, 0.25) is 5.91 Å². The number of benzene rings is 1. The van der Waals surface area contributed by atoms with Crippen LogP contribution in [0.2, 0.25) is 0 Å². The lowest BCUT2D eigenvalue weighted by molar-refractivity contribution is -0.127. The molecule has 18 heavy (non-hydrogen) atoms. The Bertz CT molecular complexity index is 499. The van der Waals surface area contributed by atoms with Gasteiger partial charge in [-0.05, 0) is 37.6 Å². The van der Waals surface area contributed by atoms with Gasteiger partial charge in [0, 0.05) is 18.7 Å². The first kappa shape index (κ1) is 12.4. The molecule has 5 heteroatoms. The minimum atomic E-state index is -0.459. The lowest BCUT2D eigenvalue weighted by atomic mass is 10.1. The lowest BCUT2D eigenvalue weighted by Crippen LogP contribution is -2.55. The van der Waals surface area contributed by atoms with E-state index < -0.39 is 6.04 Å². The van der Waals surface area contributed by atoms with Crippen molar-refractivity contribution in [2.45, 2.75) is 19.9 Å². The molecule has 1 aliphatic rings. The molecule has 0 radical (unpaired) electrons. The van der Waals surface area contributed by atoms with Crippen LogP contribution < -0.4 is 5.32 Å². The van der Waals surface area contributed by atoms with Gasteiger partial charge in [-0.25, -0.2) is 0 Å². The number of carbonyl (C=O) groups excluding carboxylic acids is 2. The van der Waals surface area contributed by atoms with Gasteiger partial charge < -0.3 is 15.3 Å². The number of nitrogens with one attached hydrogen (secondary N) is 1. The maximum atomic E-state index is 12.4. The fourth-order valence-corrected chi connectivity index (χ4v) is 2.10. The van der Waals surface area contributed by atoms with E-state index in [0.29, 0.717) is 24.2 Å². The van der Waals surface area contributed by atoms with Crippen LogP contribution in [0.1, 0.15) is 22.8 Å². The molecule has 96 valence electrons. The number of aromatic hydroxyl groups is 1. The summed E-state index contributed by atoms with van der Waals surface area (Å²) >= 11 is 0. The summed E-state index contributed by atoms with van der Waals surface area (Å²) in [5, 5.41) is 12.1. The zero-order chi connectivity index (χ0) is 13.3. The Morgan fingerprint density at radius 2 is 2.22 bits per heavy atom. The van der Waals surface area contributed by atoms with Crippen LogP contribution in [0.25, 0.3) is 0 Å². The highest BCUT2D eigenvalue weighted by Crippen LogP contribution is 2.19. The van der Waals surface area contributed by atoms with E-state index in [1.54, 1.807) is 30.9 Å². The minimum Gasteiger partial charge on any atom is -0.508 e. The third-order valence-corrected chi connectivity index (χ3v) is 3.20. The van der Waals surface area contributed by atoms with Crippen LogP contribution in [0.4, 0.5) is 0 Å². The molecule has 2 N–H and O–H groups in total. The molecule has 0 bridgehead atoms. The zero-order valence-electron chi connectivity index (χ0n) is 10.4. The molecule has 1 atom stereocenters. The molecule has 1 aromatic carbocycles. The number of amides is 2. The summed E-state index contributed by atoms with van der Waals surface area (Å²) in [6.07, 6.45) is 0. The molecule has 1 aromatic rings. The van der Waals surface area contributed by atoms with Crippen molar-refractivity contribution in [2.75, 3.05) is 13.1 Å². The molecule has 0 spiro atoms. The first-order valence-electron chi connectivity index (χ1n) is 5.89. The molecular formula is C13H16N2O3. The van der Waals surface area contributed by atoms with Crippen LogP contribution in [0, 0.1) is 6.92 Å². The Balaban J connectivity index is 2.28. The first-order chi connectivity index (χ1) is 8.50. The number of rotatable bonds is 1. The van der Waals surface area contributed by atoms with Crippen molar-refractivity contribution in [1.29, 1.82) is 0 Å². The molecule has 2 amide bonds. The van der Waals surface area contributed by atoms with Crippen LogP contribution in [-0.4, -0.2) is 41.0 Å². The number of hydrogen-bond donors (Lipinski definition) is 2. The predicted molar refractivity (Wildman–Crippen MR) is 66.4 cm³/mol. The highest BCUT2D eigenvalue weighted by atomic mass is 16.3. The van der Waals surface area contributed by atoms with Gasteiger partial charge in [0.1, 0.15) is 11.8 Å². The second-order valence-corrected chi connectivity index (χ2v) is 4.46. The second-order valence-electron chi connectivity index (χ2n) is 4.46. The van der Waals surface area contributed by atoms with E-state index in [4.69, 9.17) is 0 Å². The smallest absolute Gasteiger partial charge is 0.254 e. The Labute approximate surface area is 105 Å². The number of nitrogens with zero attached hydrogens (tertiary/aromatic N) is 1. The first-order valence-corrected chi connectivity index (χ1v) is 5.89. The number of hydrogen-bond acceptors (Lipinski definition) is 3. The SMILES string of the molecule is Cc1cc(O)ccc1C(=O)N1CCNC(=O)C1C. The van der Waals surface area contributed by atoms with Crippen LogP contribution >= 0.6 is 0 Å². The van der Waals surface area contributed by atoms with E-state index in [1.165, 1.54) is 6.07 Å². The average molecular weight is 248 g/mol. The van der Waals surface area contributed by atoms with Crippen LogP contribution in [0.5, 0.6) is 5.75 Å². The van der Waals surface area contributed by atoms with Crippen molar-refractivity contribution in [3.8, 4) is 5.75 Å².